The van der Waals surface area contributed by atoms with Crippen LogP contribution in [0, 0.1) is 40.4 Å². The van der Waals surface area contributed by atoms with Gasteiger partial charge in [-0.2, -0.15) is 4.57 Å². The average Bonchev–Trinajstić information content (AvgIpc) is 2.13. The molecule has 2 heterocycles. The number of aliphatic hydroxyl groups is 2. The van der Waals surface area contributed by atoms with Gasteiger partial charge in [-0.05, 0) is 130 Å². The smallest absolute Gasteiger partial charge is 0.457 e. The number of rotatable bonds is 27. The summed E-state index contributed by atoms with van der Waals surface area (Å²) in [5, 5.41) is 29.5. The van der Waals surface area contributed by atoms with E-state index in [9.17, 15) is 38.9 Å². The maximum Gasteiger partial charge on any atom is 0.524 e. The van der Waals surface area contributed by atoms with E-state index in [0.29, 0.717) is 30.5 Å². The van der Waals surface area contributed by atoms with Gasteiger partial charge in [-0.15, -0.1) is 0 Å². The third-order valence-electron chi connectivity index (χ3n) is 18.8. The number of pyridine rings is 1. The first-order valence-electron chi connectivity index (χ1n) is 29.7. The highest BCUT2D eigenvalue weighted by Gasteiger charge is 2.76. The van der Waals surface area contributed by atoms with Gasteiger partial charge in [0.05, 0.1) is 29.8 Å². The summed E-state index contributed by atoms with van der Waals surface area (Å²) < 4.78 is 44.2. The molecule has 1 amide bonds. The van der Waals surface area contributed by atoms with Gasteiger partial charge in [-0.1, -0.05) is 101 Å². The molecular formula is C63H85N3O14P+. The summed E-state index contributed by atoms with van der Waals surface area (Å²) in [6.45, 7) is 7.60. The zero-order chi connectivity index (χ0) is 57.4. The van der Waals surface area contributed by atoms with Gasteiger partial charge in [0.2, 0.25) is 5.78 Å². The summed E-state index contributed by atoms with van der Waals surface area (Å²) in [5.41, 5.74) is 0.710. The molecule has 5 fully saturated rings. The molecule has 0 bridgehead atoms. The molecule has 6 N–H and O–H groups in total. The van der Waals surface area contributed by atoms with Crippen molar-refractivity contribution < 1.29 is 71.8 Å². The van der Waals surface area contributed by atoms with Crippen molar-refractivity contribution in [2.75, 3.05) is 39.5 Å². The molecular weight excluding hydrogens is 1050 g/mol. The summed E-state index contributed by atoms with van der Waals surface area (Å²) in [4.78, 5) is 74.2. The van der Waals surface area contributed by atoms with Gasteiger partial charge in [0.25, 0.3) is 5.91 Å². The van der Waals surface area contributed by atoms with Crippen LogP contribution in [0.4, 0.5) is 0 Å². The fourth-order valence-corrected chi connectivity index (χ4v) is 15.0. The third-order valence-corrected chi connectivity index (χ3v) is 19.2. The number of ether oxygens (including phenoxy) is 4. The summed E-state index contributed by atoms with van der Waals surface area (Å²) in [6, 6.07) is 18.3. The fourth-order valence-electron chi connectivity index (χ4n) is 14.6. The molecule has 6 aliphatic rings. The number of amides is 1. The van der Waals surface area contributed by atoms with Crippen LogP contribution >= 0.6 is 7.82 Å². The monoisotopic (exact) mass is 1140 g/mol. The minimum absolute atomic E-state index is 0.0221. The number of hydrogen-bond acceptors (Lipinski definition) is 13. The van der Waals surface area contributed by atoms with Gasteiger partial charge in [-0.3, -0.25) is 29.0 Å². The van der Waals surface area contributed by atoms with E-state index in [4.69, 9.17) is 23.5 Å². The topological polar surface area (TPSA) is 240 Å². The number of aryl methyl sites for hydroxylation is 1. The normalized spacial score (nSPS) is 28.7. The molecule has 2 aromatic carbocycles. The Morgan fingerprint density at radius 2 is 1.69 bits per heavy atom. The Labute approximate surface area is 476 Å². The Bertz CT molecular complexity index is 2800. The number of Topliss-reactive ketones (excluding diaryl/α,β-unsaturated/α-hetero) is 1. The highest BCUT2D eigenvalue weighted by Crippen LogP contribution is 2.70. The number of aromatic nitrogens is 1. The number of allylic oxidation sites excluding steroid dienone is 4. The Balaban J connectivity index is 0.759. The van der Waals surface area contributed by atoms with E-state index >= 15 is 4.79 Å². The number of benzene rings is 2. The minimum atomic E-state index is -4.96. The molecule has 9 rings (SSSR count). The molecule has 5 unspecified atom stereocenters. The van der Waals surface area contributed by atoms with Gasteiger partial charge in [0.1, 0.15) is 11.3 Å². The Morgan fingerprint density at radius 3 is 2.47 bits per heavy atom. The lowest BCUT2D eigenvalue weighted by atomic mass is 9.46. The second-order valence-electron chi connectivity index (χ2n) is 24.2. The molecule has 4 saturated carbocycles. The Kier molecular flexibility index (Phi) is 20.0. The molecule has 18 heteroatoms. The standard InChI is InChI=1S/C63H84N3O14P/c1-42(59(72)77-41-55(70)63-56(78-60(79-63)44-20-10-7-11-21-44)35-51-50-25-24-48-34-49(67)27-28-61(48,2)57(50)52(68)36-62(51,63)3)37-65-58(71)46-22-16-30-66(39-46)40-47-33-45(23-26-54(47)80-81(73,74)75)53(69)38-64-29-13-4-5-14-31-76-32-15-12-19-43-17-8-6-9-18-43/h6,8-9,16-18,22-23,26-28,30,33-34,39,42,44,50-53,56-57,60,64,68-69H,4-5,7,10-15,19-21,24-25,29,31-32,35-38,40-41H2,1-3H3,(H2-,65,71,73,74,75)/p+1/t42?,50?,51?,52-,53?,56-,57?,60+,61-,62-,63+/m0/s1. The van der Waals surface area contributed by atoms with E-state index in [0.717, 1.165) is 102 Å². The maximum absolute atomic E-state index is 15.0. The largest absolute Gasteiger partial charge is 0.524 e. The maximum atomic E-state index is 15.0. The first kappa shape index (κ1) is 60.6. The SMILES string of the molecule is CC(CNC(=O)c1ccc[n+](Cc2cc(C(O)CNCCCCCCOCCCCc3ccccc3)ccc2OP(=O)(O)O)c1)C(=O)OCC(=O)[C@@]12O[C@H](C3CCCCC3)O[C@H]1CC1C3CCC4=CC(=O)C=C[C@]4(C)C3[C@@H](O)C[C@@]12C. The number of carbonyl (C=O) groups is 4. The van der Waals surface area contributed by atoms with Crippen LogP contribution in [0.2, 0.25) is 0 Å². The van der Waals surface area contributed by atoms with E-state index in [1.54, 1.807) is 60.3 Å². The molecule has 1 aliphatic heterocycles. The molecule has 81 heavy (non-hydrogen) atoms. The number of esters is 1. The van der Waals surface area contributed by atoms with Crippen molar-refractivity contribution >= 4 is 31.3 Å². The fraction of sp³-hybridized carbons (Fsp3) is 0.603. The van der Waals surface area contributed by atoms with Gasteiger partial charge >= 0.3 is 13.8 Å². The number of phosphoric ester groups is 1. The van der Waals surface area contributed by atoms with E-state index in [1.807, 2.05) is 12.1 Å². The Morgan fingerprint density at radius 1 is 0.926 bits per heavy atom. The van der Waals surface area contributed by atoms with Crippen LogP contribution in [0.3, 0.4) is 0 Å². The van der Waals surface area contributed by atoms with E-state index in [2.05, 4.69) is 48.7 Å². The minimum Gasteiger partial charge on any atom is -0.457 e. The lowest BCUT2D eigenvalue weighted by Crippen LogP contribution is -2.63. The number of nitrogens with zero attached hydrogens (tertiary/aromatic N) is 1. The van der Waals surface area contributed by atoms with E-state index in [1.165, 1.54) is 11.6 Å². The second kappa shape index (κ2) is 26.7. The van der Waals surface area contributed by atoms with Gasteiger partial charge < -0.3 is 44.3 Å². The van der Waals surface area contributed by atoms with Crippen LogP contribution in [0.25, 0.3) is 0 Å². The quantitative estimate of drug-likeness (QED) is 0.0183. The van der Waals surface area contributed by atoms with Crippen molar-refractivity contribution in [2.45, 2.75) is 160 Å². The summed E-state index contributed by atoms with van der Waals surface area (Å²) >= 11 is 0. The molecule has 11 atom stereocenters. The van der Waals surface area contributed by atoms with Crippen LogP contribution in [0.1, 0.15) is 150 Å². The van der Waals surface area contributed by atoms with Crippen molar-refractivity contribution in [3.63, 3.8) is 0 Å². The lowest BCUT2D eigenvalue weighted by Gasteiger charge is -2.59. The predicted molar refractivity (Wildman–Crippen MR) is 301 cm³/mol. The van der Waals surface area contributed by atoms with E-state index in [-0.39, 0.29) is 66.8 Å². The predicted octanol–water partition coefficient (Wildman–Crippen LogP) is 8.14. The average molecular weight is 1140 g/mol. The van der Waals surface area contributed by atoms with Crippen LogP contribution < -0.4 is 19.7 Å². The molecule has 3 aromatic rings. The Hall–Kier alpha value is -4.94. The highest BCUT2D eigenvalue weighted by atomic mass is 31.2. The van der Waals surface area contributed by atoms with Gasteiger partial charge in [-0.25, -0.2) is 4.57 Å². The van der Waals surface area contributed by atoms with Crippen molar-refractivity contribution in [3.05, 3.63) is 119 Å². The van der Waals surface area contributed by atoms with Gasteiger partial charge in [0.15, 0.2) is 43.2 Å². The highest BCUT2D eigenvalue weighted by molar-refractivity contribution is 7.46. The number of hydrogen-bond donors (Lipinski definition) is 6. The molecule has 0 spiro atoms. The zero-order valence-electron chi connectivity index (χ0n) is 47.4. The van der Waals surface area contributed by atoms with Crippen molar-refractivity contribution in [1.29, 1.82) is 0 Å². The van der Waals surface area contributed by atoms with Crippen LogP contribution in [0.15, 0.2) is 96.9 Å². The van der Waals surface area contributed by atoms with E-state index < -0.39 is 79.0 Å². The zero-order valence-corrected chi connectivity index (χ0v) is 48.3. The van der Waals surface area contributed by atoms with Crippen LogP contribution in [-0.4, -0.2) is 107 Å². The number of nitrogens with one attached hydrogen (secondary N) is 2. The summed E-state index contributed by atoms with van der Waals surface area (Å²) in [7, 11) is -4.96. The summed E-state index contributed by atoms with van der Waals surface area (Å²) in [6.07, 6.45) is 20.3. The van der Waals surface area contributed by atoms with Crippen LogP contribution in [-0.2, 0) is 50.9 Å². The molecule has 1 aromatic heterocycles. The number of ketones is 2. The number of aliphatic hydroxyl groups excluding tert-OH is 2. The molecule has 1 saturated heterocycles. The van der Waals surface area contributed by atoms with Crippen molar-refractivity contribution in [3.8, 4) is 5.75 Å². The number of fused-ring (bicyclic) bond motifs is 7. The lowest BCUT2D eigenvalue weighted by molar-refractivity contribution is -0.688. The molecule has 440 valence electrons. The van der Waals surface area contributed by atoms with Crippen molar-refractivity contribution in [1.82, 2.24) is 10.6 Å². The molecule has 17 nitrogen and oxygen atoms in total. The number of phosphoric acid groups is 1. The molecule has 5 aliphatic carbocycles. The van der Waals surface area contributed by atoms with Crippen molar-refractivity contribution in [2.24, 2.45) is 40.4 Å². The number of carbonyl (C=O) groups excluding carboxylic acids is 4. The third kappa shape index (κ3) is 14.0. The first-order chi connectivity index (χ1) is 38.9. The summed E-state index contributed by atoms with van der Waals surface area (Å²) in [5.74, 6) is -2.58. The van der Waals surface area contributed by atoms with Crippen LogP contribution in [0.5, 0.6) is 5.75 Å². The molecule has 0 radical (unpaired) electrons. The number of unbranched alkanes of at least 4 members (excludes halogenated alkanes) is 4. The second-order valence-corrected chi connectivity index (χ2v) is 25.4. The van der Waals surface area contributed by atoms with Gasteiger partial charge in [0, 0.05) is 55.0 Å². The first-order valence-corrected chi connectivity index (χ1v) is 31.2.